The molecule has 0 aromatic heterocycles. The molecule has 0 unspecified atom stereocenters. The average molecular weight is 316 g/mol. The quantitative estimate of drug-likeness (QED) is 0.789. The second kappa shape index (κ2) is 5.52. The number of hydrogen-bond acceptors (Lipinski definition) is 1. The Morgan fingerprint density at radius 2 is 2.00 bits per heavy atom. The van der Waals surface area contributed by atoms with Crippen molar-refractivity contribution >= 4 is 27.5 Å². The van der Waals surface area contributed by atoms with Crippen LogP contribution in [0.4, 0.5) is 4.39 Å². The number of benzene rings is 2. The number of rotatable bonds is 3. The Morgan fingerprint density at radius 1 is 1.18 bits per heavy atom. The normalized spacial score (nSPS) is 10.3. The highest BCUT2D eigenvalue weighted by molar-refractivity contribution is 9.10. The van der Waals surface area contributed by atoms with Gasteiger partial charge < -0.3 is 4.74 Å². The van der Waals surface area contributed by atoms with Crippen LogP contribution in [0.3, 0.4) is 0 Å². The molecule has 0 atom stereocenters. The first-order valence-corrected chi connectivity index (χ1v) is 6.14. The first-order valence-electron chi connectivity index (χ1n) is 4.97. The zero-order valence-electron chi connectivity index (χ0n) is 8.79. The molecule has 0 radical (unpaired) electrons. The van der Waals surface area contributed by atoms with Crippen LogP contribution in [0.1, 0.15) is 5.56 Å². The van der Waals surface area contributed by atoms with Gasteiger partial charge in [-0.1, -0.05) is 39.7 Å². The summed E-state index contributed by atoms with van der Waals surface area (Å²) < 4.78 is 19.6. The van der Waals surface area contributed by atoms with Crippen molar-refractivity contribution in [1.29, 1.82) is 0 Å². The molecular formula is C13H9BrClFO. The van der Waals surface area contributed by atoms with Gasteiger partial charge in [-0.2, -0.15) is 0 Å². The SMILES string of the molecule is Fc1cc(OCc2cccc(Br)c2)ccc1Cl. The summed E-state index contributed by atoms with van der Waals surface area (Å²) in [5.74, 6) is -0.00900. The van der Waals surface area contributed by atoms with Gasteiger partial charge in [0.2, 0.25) is 0 Å². The van der Waals surface area contributed by atoms with E-state index in [0.717, 1.165) is 10.0 Å². The summed E-state index contributed by atoms with van der Waals surface area (Å²) in [4.78, 5) is 0. The molecule has 0 N–H and O–H groups in total. The van der Waals surface area contributed by atoms with Crippen LogP contribution >= 0.6 is 27.5 Å². The fourth-order valence-corrected chi connectivity index (χ4v) is 1.92. The minimum atomic E-state index is -0.474. The summed E-state index contributed by atoms with van der Waals surface area (Å²) in [6.45, 7) is 0.389. The van der Waals surface area contributed by atoms with Crippen LogP contribution in [0.25, 0.3) is 0 Å². The van der Waals surface area contributed by atoms with Crippen molar-refractivity contribution in [2.75, 3.05) is 0 Å². The predicted molar refractivity (Wildman–Crippen MR) is 69.9 cm³/mol. The van der Waals surface area contributed by atoms with E-state index in [-0.39, 0.29) is 5.02 Å². The van der Waals surface area contributed by atoms with Crippen LogP contribution in [0.2, 0.25) is 5.02 Å². The molecule has 0 aliphatic heterocycles. The predicted octanol–water partition coefficient (Wildman–Crippen LogP) is 4.82. The second-order valence-corrected chi connectivity index (χ2v) is 4.82. The van der Waals surface area contributed by atoms with E-state index in [0.29, 0.717) is 12.4 Å². The van der Waals surface area contributed by atoms with Gasteiger partial charge in [-0.3, -0.25) is 0 Å². The molecule has 0 saturated heterocycles. The highest BCUT2D eigenvalue weighted by Crippen LogP contribution is 2.21. The highest BCUT2D eigenvalue weighted by Gasteiger charge is 2.02. The first-order chi connectivity index (χ1) is 8.15. The zero-order chi connectivity index (χ0) is 12.3. The third kappa shape index (κ3) is 3.45. The van der Waals surface area contributed by atoms with Crippen molar-refractivity contribution < 1.29 is 9.13 Å². The number of hydrogen-bond donors (Lipinski definition) is 0. The molecule has 88 valence electrons. The summed E-state index contributed by atoms with van der Waals surface area (Å²) in [6.07, 6.45) is 0. The lowest BCUT2D eigenvalue weighted by molar-refractivity contribution is 0.304. The maximum atomic E-state index is 13.1. The maximum Gasteiger partial charge on any atom is 0.145 e. The molecule has 1 nitrogen and oxygen atoms in total. The average Bonchev–Trinajstić information content (AvgIpc) is 2.31. The summed E-state index contributed by atoms with van der Waals surface area (Å²) in [5, 5.41) is 0.0970. The monoisotopic (exact) mass is 314 g/mol. The van der Waals surface area contributed by atoms with Crippen LogP contribution in [0.15, 0.2) is 46.9 Å². The molecule has 0 amide bonds. The molecule has 2 rings (SSSR count). The minimum absolute atomic E-state index is 0.0970. The van der Waals surface area contributed by atoms with E-state index < -0.39 is 5.82 Å². The molecule has 0 bridgehead atoms. The Morgan fingerprint density at radius 3 is 2.71 bits per heavy atom. The molecule has 0 saturated carbocycles. The van der Waals surface area contributed by atoms with E-state index in [1.54, 1.807) is 6.07 Å². The van der Waals surface area contributed by atoms with Gasteiger partial charge in [-0.05, 0) is 29.8 Å². The van der Waals surface area contributed by atoms with Crippen LogP contribution in [-0.4, -0.2) is 0 Å². The van der Waals surface area contributed by atoms with Crippen LogP contribution in [-0.2, 0) is 6.61 Å². The Hall–Kier alpha value is -1.06. The van der Waals surface area contributed by atoms with Gasteiger partial charge in [-0.15, -0.1) is 0 Å². The molecule has 4 heteroatoms. The molecule has 2 aromatic rings. The number of ether oxygens (including phenoxy) is 1. The van der Waals surface area contributed by atoms with Crippen LogP contribution < -0.4 is 4.74 Å². The highest BCUT2D eigenvalue weighted by atomic mass is 79.9. The van der Waals surface area contributed by atoms with Crippen LogP contribution in [0, 0.1) is 5.82 Å². The molecule has 0 fully saturated rings. The summed E-state index contributed by atoms with van der Waals surface area (Å²) in [5.41, 5.74) is 1.01. The van der Waals surface area contributed by atoms with Crippen molar-refractivity contribution in [3.05, 3.63) is 63.3 Å². The van der Waals surface area contributed by atoms with Gasteiger partial charge in [0.05, 0.1) is 5.02 Å². The molecule has 0 aliphatic rings. The molecular weight excluding hydrogens is 306 g/mol. The topological polar surface area (TPSA) is 9.23 Å². The van der Waals surface area contributed by atoms with Gasteiger partial charge in [-0.25, -0.2) is 4.39 Å². The minimum Gasteiger partial charge on any atom is -0.489 e. The van der Waals surface area contributed by atoms with Gasteiger partial charge in [0, 0.05) is 10.5 Å². The van der Waals surface area contributed by atoms with Crippen molar-refractivity contribution in [2.45, 2.75) is 6.61 Å². The Kier molecular flexibility index (Phi) is 4.02. The lowest BCUT2D eigenvalue weighted by Crippen LogP contribution is -1.95. The van der Waals surface area contributed by atoms with Crippen molar-refractivity contribution in [2.24, 2.45) is 0 Å². The van der Waals surface area contributed by atoms with Gasteiger partial charge in [0.15, 0.2) is 0 Å². The van der Waals surface area contributed by atoms with E-state index in [9.17, 15) is 4.39 Å². The Labute approximate surface area is 112 Å². The zero-order valence-corrected chi connectivity index (χ0v) is 11.1. The lowest BCUT2D eigenvalue weighted by atomic mass is 10.2. The van der Waals surface area contributed by atoms with Gasteiger partial charge in [0.1, 0.15) is 18.2 Å². The fraction of sp³-hybridized carbons (Fsp3) is 0.0769. The number of halogens is 3. The summed E-state index contributed by atoms with van der Waals surface area (Å²) in [7, 11) is 0. The van der Waals surface area contributed by atoms with Gasteiger partial charge in [0.25, 0.3) is 0 Å². The Bertz CT molecular complexity index is 531. The molecule has 17 heavy (non-hydrogen) atoms. The van der Waals surface area contributed by atoms with Crippen molar-refractivity contribution in [3.63, 3.8) is 0 Å². The second-order valence-electron chi connectivity index (χ2n) is 3.49. The molecule has 0 spiro atoms. The van der Waals surface area contributed by atoms with Gasteiger partial charge >= 0.3 is 0 Å². The van der Waals surface area contributed by atoms with E-state index in [4.69, 9.17) is 16.3 Å². The first kappa shape index (κ1) is 12.4. The molecule has 0 aliphatic carbocycles. The smallest absolute Gasteiger partial charge is 0.145 e. The molecule has 0 heterocycles. The van der Waals surface area contributed by atoms with E-state index in [1.807, 2.05) is 24.3 Å². The maximum absolute atomic E-state index is 13.1. The fourth-order valence-electron chi connectivity index (χ4n) is 1.36. The lowest BCUT2D eigenvalue weighted by Gasteiger charge is -2.07. The van der Waals surface area contributed by atoms with Crippen molar-refractivity contribution in [3.8, 4) is 5.75 Å². The van der Waals surface area contributed by atoms with Crippen LogP contribution in [0.5, 0.6) is 5.75 Å². The Balaban J connectivity index is 2.05. The third-order valence-corrected chi connectivity index (χ3v) is 2.99. The summed E-state index contributed by atoms with van der Waals surface area (Å²) in [6, 6.07) is 12.1. The standard InChI is InChI=1S/C13H9BrClFO/c14-10-3-1-2-9(6-10)8-17-11-4-5-12(15)13(16)7-11/h1-7H,8H2. The van der Waals surface area contributed by atoms with E-state index >= 15 is 0 Å². The van der Waals surface area contributed by atoms with E-state index in [2.05, 4.69) is 15.9 Å². The van der Waals surface area contributed by atoms with Crippen molar-refractivity contribution in [1.82, 2.24) is 0 Å². The molecule has 2 aromatic carbocycles. The summed E-state index contributed by atoms with van der Waals surface area (Å²) >= 11 is 8.96. The third-order valence-electron chi connectivity index (χ3n) is 2.19. The van der Waals surface area contributed by atoms with E-state index in [1.165, 1.54) is 12.1 Å². The largest absolute Gasteiger partial charge is 0.489 e.